The summed E-state index contributed by atoms with van der Waals surface area (Å²) >= 11 is 3.37. The van der Waals surface area contributed by atoms with Gasteiger partial charge in [-0.1, -0.05) is 45.8 Å². The minimum atomic E-state index is -1.05. The number of hydrogen-bond donors (Lipinski definition) is 1. The van der Waals surface area contributed by atoms with Gasteiger partial charge in [0.15, 0.2) is 6.61 Å². The zero-order valence-corrected chi connectivity index (χ0v) is 14.0. The molecule has 0 aliphatic heterocycles. The Kier molecular flexibility index (Phi) is 5.56. The lowest BCUT2D eigenvalue weighted by atomic mass is 10.0. The van der Waals surface area contributed by atoms with Crippen LogP contribution in [0.5, 0.6) is 5.75 Å². The van der Waals surface area contributed by atoms with E-state index in [1.807, 2.05) is 31.2 Å². The van der Waals surface area contributed by atoms with E-state index < -0.39 is 12.6 Å². The summed E-state index contributed by atoms with van der Waals surface area (Å²) < 4.78 is 6.09. The van der Waals surface area contributed by atoms with Crippen molar-refractivity contribution in [2.75, 3.05) is 6.61 Å². The monoisotopic (exact) mass is 371 g/mol. The molecule has 0 heterocycles. The second kappa shape index (κ2) is 7.61. The van der Waals surface area contributed by atoms with Crippen LogP contribution in [0.3, 0.4) is 0 Å². The van der Waals surface area contributed by atoms with E-state index >= 15 is 0 Å². The summed E-state index contributed by atoms with van der Waals surface area (Å²) in [5.74, 6) is -0.641. The van der Waals surface area contributed by atoms with Crippen molar-refractivity contribution in [3.63, 3.8) is 0 Å². The van der Waals surface area contributed by atoms with Crippen LogP contribution in [0.2, 0.25) is 0 Å². The van der Waals surface area contributed by atoms with Gasteiger partial charge in [-0.2, -0.15) is 5.26 Å². The fraction of sp³-hybridized carbons (Fsp3) is 0.111. The van der Waals surface area contributed by atoms with Crippen molar-refractivity contribution in [2.45, 2.75) is 6.92 Å². The number of carbonyl (C=O) groups is 1. The van der Waals surface area contributed by atoms with Gasteiger partial charge in [0.1, 0.15) is 5.75 Å². The Balaban J connectivity index is 2.42. The zero-order chi connectivity index (χ0) is 16.8. The number of allylic oxidation sites excluding steroid dienone is 1. The number of hydrogen-bond acceptors (Lipinski definition) is 3. The molecule has 116 valence electrons. The number of aryl methyl sites for hydroxylation is 1. The van der Waals surface area contributed by atoms with Crippen molar-refractivity contribution < 1.29 is 14.6 Å². The molecule has 2 aromatic carbocycles. The minimum absolute atomic E-state index is 0.412. The number of nitrogens with zero attached hydrogens (tertiary/aromatic N) is 1. The second-order valence-electron chi connectivity index (χ2n) is 4.90. The van der Waals surface area contributed by atoms with Crippen LogP contribution in [-0.2, 0) is 4.79 Å². The SMILES string of the molecule is Cc1ccc(/C(C#N)=C\c2cc(Br)ccc2OCC(=O)O)cc1. The van der Waals surface area contributed by atoms with E-state index in [2.05, 4.69) is 22.0 Å². The Morgan fingerprint density at radius 3 is 2.61 bits per heavy atom. The molecule has 0 aromatic heterocycles. The minimum Gasteiger partial charge on any atom is -0.481 e. The Morgan fingerprint density at radius 1 is 1.30 bits per heavy atom. The predicted molar refractivity (Wildman–Crippen MR) is 91.9 cm³/mol. The highest BCUT2D eigenvalue weighted by Crippen LogP contribution is 2.28. The molecule has 4 nitrogen and oxygen atoms in total. The van der Waals surface area contributed by atoms with Gasteiger partial charge in [0.25, 0.3) is 0 Å². The lowest BCUT2D eigenvalue weighted by Crippen LogP contribution is -2.10. The molecule has 0 bridgehead atoms. The first-order chi connectivity index (χ1) is 11.0. The van der Waals surface area contributed by atoms with E-state index in [1.165, 1.54) is 0 Å². The summed E-state index contributed by atoms with van der Waals surface area (Å²) in [5, 5.41) is 18.2. The first-order valence-electron chi connectivity index (χ1n) is 6.82. The smallest absolute Gasteiger partial charge is 0.341 e. The standard InChI is InChI=1S/C18H14BrNO3/c1-12-2-4-13(5-3-12)15(10-20)8-14-9-16(19)6-7-17(14)23-11-18(21)22/h2-9H,11H2,1H3,(H,21,22)/b15-8-. The summed E-state index contributed by atoms with van der Waals surface area (Å²) in [5.41, 5.74) is 3.02. The van der Waals surface area contributed by atoms with Crippen molar-refractivity contribution in [1.82, 2.24) is 0 Å². The molecule has 5 heteroatoms. The highest BCUT2D eigenvalue weighted by molar-refractivity contribution is 9.10. The fourth-order valence-electron chi connectivity index (χ4n) is 1.97. The van der Waals surface area contributed by atoms with E-state index in [0.29, 0.717) is 16.9 Å². The zero-order valence-electron chi connectivity index (χ0n) is 12.4. The van der Waals surface area contributed by atoms with Crippen LogP contribution in [0, 0.1) is 18.3 Å². The molecule has 0 aliphatic carbocycles. The first-order valence-corrected chi connectivity index (χ1v) is 7.62. The van der Waals surface area contributed by atoms with Gasteiger partial charge in [0.05, 0.1) is 11.6 Å². The van der Waals surface area contributed by atoms with Crippen molar-refractivity contribution >= 4 is 33.5 Å². The largest absolute Gasteiger partial charge is 0.481 e. The van der Waals surface area contributed by atoms with Gasteiger partial charge in [-0.05, 0) is 36.8 Å². The van der Waals surface area contributed by atoms with Crippen LogP contribution < -0.4 is 4.74 Å². The Hall–Kier alpha value is -2.58. The number of ether oxygens (including phenoxy) is 1. The van der Waals surface area contributed by atoms with Crippen LogP contribution in [0.1, 0.15) is 16.7 Å². The maximum atomic E-state index is 10.7. The van der Waals surface area contributed by atoms with E-state index in [4.69, 9.17) is 9.84 Å². The number of nitriles is 1. The predicted octanol–water partition coefficient (Wildman–Crippen LogP) is 4.29. The molecule has 0 aliphatic rings. The molecule has 0 saturated carbocycles. The molecule has 0 spiro atoms. The second-order valence-corrected chi connectivity index (χ2v) is 5.82. The topological polar surface area (TPSA) is 70.3 Å². The lowest BCUT2D eigenvalue weighted by Gasteiger charge is -2.09. The van der Waals surface area contributed by atoms with Gasteiger partial charge in [-0.25, -0.2) is 4.79 Å². The van der Waals surface area contributed by atoms with Gasteiger partial charge in [0, 0.05) is 10.0 Å². The molecule has 1 N–H and O–H groups in total. The normalized spacial score (nSPS) is 10.9. The molecule has 0 atom stereocenters. The van der Waals surface area contributed by atoms with E-state index in [9.17, 15) is 10.1 Å². The molecular weight excluding hydrogens is 358 g/mol. The van der Waals surface area contributed by atoms with Gasteiger partial charge in [-0.15, -0.1) is 0 Å². The Labute approximate surface area is 142 Å². The first kappa shape index (κ1) is 16.8. The average molecular weight is 372 g/mol. The highest BCUT2D eigenvalue weighted by atomic mass is 79.9. The van der Waals surface area contributed by atoms with Gasteiger partial charge >= 0.3 is 5.97 Å². The van der Waals surface area contributed by atoms with E-state index in [0.717, 1.165) is 15.6 Å². The number of halogens is 1. The Morgan fingerprint density at radius 2 is 2.00 bits per heavy atom. The van der Waals surface area contributed by atoms with E-state index in [-0.39, 0.29) is 0 Å². The number of rotatable bonds is 5. The summed E-state index contributed by atoms with van der Waals surface area (Å²) in [6, 6.07) is 15.0. The molecular formula is C18H14BrNO3. The van der Waals surface area contributed by atoms with Crippen LogP contribution in [0.4, 0.5) is 0 Å². The van der Waals surface area contributed by atoms with E-state index in [1.54, 1.807) is 24.3 Å². The summed E-state index contributed by atoms with van der Waals surface area (Å²) in [7, 11) is 0. The molecule has 0 amide bonds. The Bertz CT molecular complexity index is 789. The van der Waals surface area contributed by atoms with Crippen LogP contribution in [0.15, 0.2) is 46.9 Å². The van der Waals surface area contributed by atoms with Crippen molar-refractivity contribution in [2.24, 2.45) is 0 Å². The molecule has 0 saturated heterocycles. The van der Waals surface area contributed by atoms with Gasteiger partial charge in [0.2, 0.25) is 0 Å². The summed E-state index contributed by atoms with van der Waals surface area (Å²) in [4.78, 5) is 10.7. The number of carboxylic acid groups (broad SMARTS) is 1. The number of carboxylic acids is 1. The van der Waals surface area contributed by atoms with Crippen LogP contribution in [-0.4, -0.2) is 17.7 Å². The number of benzene rings is 2. The van der Waals surface area contributed by atoms with Crippen molar-refractivity contribution in [3.8, 4) is 11.8 Å². The molecule has 0 radical (unpaired) electrons. The van der Waals surface area contributed by atoms with Crippen molar-refractivity contribution in [1.29, 1.82) is 5.26 Å². The lowest BCUT2D eigenvalue weighted by molar-refractivity contribution is -0.139. The summed E-state index contributed by atoms with van der Waals surface area (Å²) in [6.45, 7) is 1.54. The average Bonchev–Trinajstić information content (AvgIpc) is 2.52. The maximum absolute atomic E-state index is 10.7. The summed E-state index contributed by atoms with van der Waals surface area (Å²) in [6.07, 6.45) is 1.69. The molecule has 2 aromatic rings. The molecule has 23 heavy (non-hydrogen) atoms. The highest BCUT2D eigenvalue weighted by Gasteiger charge is 2.08. The molecule has 0 unspecified atom stereocenters. The van der Waals surface area contributed by atoms with Gasteiger partial charge < -0.3 is 9.84 Å². The van der Waals surface area contributed by atoms with Crippen molar-refractivity contribution in [3.05, 3.63) is 63.6 Å². The van der Waals surface area contributed by atoms with Gasteiger partial charge in [-0.3, -0.25) is 0 Å². The number of aliphatic carboxylic acids is 1. The molecule has 2 rings (SSSR count). The van der Waals surface area contributed by atoms with Crippen LogP contribution in [0.25, 0.3) is 11.6 Å². The fourth-order valence-corrected chi connectivity index (χ4v) is 2.35. The maximum Gasteiger partial charge on any atom is 0.341 e. The van der Waals surface area contributed by atoms with Crippen LogP contribution >= 0.6 is 15.9 Å². The third kappa shape index (κ3) is 4.70. The quantitative estimate of drug-likeness (QED) is 0.628. The third-order valence-electron chi connectivity index (χ3n) is 3.11. The molecule has 0 fully saturated rings. The third-order valence-corrected chi connectivity index (χ3v) is 3.60.